The third-order valence-electron chi connectivity index (χ3n) is 4.36. The van der Waals surface area contributed by atoms with E-state index >= 15 is 0 Å². The van der Waals surface area contributed by atoms with Crippen molar-refractivity contribution in [1.29, 1.82) is 0 Å². The fraction of sp³-hybridized carbons (Fsp3) is 0.0870. The second kappa shape index (κ2) is 8.00. The number of nitrogens with one attached hydrogen (secondary N) is 1. The first-order chi connectivity index (χ1) is 13.2. The van der Waals surface area contributed by atoms with Crippen LogP contribution in [0.1, 0.15) is 22.7 Å². The Morgan fingerprint density at radius 2 is 1.48 bits per heavy atom. The zero-order chi connectivity index (χ0) is 18.6. The van der Waals surface area contributed by atoms with Crippen molar-refractivity contribution in [3.63, 3.8) is 0 Å². The van der Waals surface area contributed by atoms with Gasteiger partial charge in [0.05, 0.1) is 0 Å². The predicted molar refractivity (Wildman–Crippen MR) is 109 cm³/mol. The van der Waals surface area contributed by atoms with E-state index < -0.39 is 27.0 Å². The van der Waals surface area contributed by atoms with E-state index in [9.17, 15) is 4.79 Å². The molecule has 3 aromatic rings. The molecule has 1 amide bonds. The topological polar surface area (TPSA) is 38.3 Å². The zero-order valence-corrected chi connectivity index (χ0v) is 17.2. The van der Waals surface area contributed by atoms with Gasteiger partial charge in [0.25, 0.3) is 0 Å². The van der Waals surface area contributed by atoms with Gasteiger partial charge in [-0.3, -0.25) is 0 Å². The van der Waals surface area contributed by atoms with Crippen molar-refractivity contribution < 1.29 is 9.53 Å². The Labute approximate surface area is 169 Å². The minimum atomic E-state index is -0.734. The summed E-state index contributed by atoms with van der Waals surface area (Å²) in [6.45, 7) is 2.07. The van der Waals surface area contributed by atoms with Crippen molar-refractivity contribution in [2.75, 3.05) is 0 Å². The number of amides is 1. The Kier molecular flexibility index (Phi) is 5.29. The summed E-state index contributed by atoms with van der Waals surface area (Å²) in [6.07, 6.45) is -0.399. The van der Waals surface area contributed by atoms with Crippen molar-refractivity contribution in [2.24, 2.45) is 0 Å². The number of hydrogen-bond donors (Lipinski definition) is 1. The Morgan fingerprint density at radius 3 is 2.15 bits per heavy atom. The monoisotopic (exact) mass is 471 g/mol. The van der Waals surface area contributed by atoms with Gasteiger partial charge in [0.15, 0.2) is 0 Å². The molecule has 0 saturated carbocycles. The van der Waals surface area contributed by atoms with Gasteiger partial charge in [0, 0.05) is 0 Å². The Morgan fingerprint density at radius 1 is 0.852 bits per heavy atom. The molecule has 134 valence electrons. The van der Waals surface area contributed by atoms with Crippen molar-refractivity contribution in [2.45, 2.75) is 13.0 Å². The molecule has 4 rings (SSSR count). The summed E-state index contributed by atoms with van der Waals surface area (Å²) < 4.78 is 8.18. The van der Waals surface area contributed by atoms with Gasteiger partial charge in [-0.25, -0.2) is 0 Å². The molecule has 1 atom stereocenters. The number of cyclic esters (lactones) is 1. The Hall–Kier alpha value is -2.54. The van der Waals surface area contributed by atoms with E-state index in [1.807, 2.05) is 36.4 Å². The van der Waals surface area contributed by atoms with E-state index in [1.54, 1.807) is 0 Å². The molecule has 27 heavy (non-hydrogen) atoms. The molecule has 3 nitrogen and oxygen atoms in total. The third kappa shape index (κ3) is 4.08. The zero-order valence-electron chi connectivity index (χ0n) is 14.9. The normalized spacial score (nSPS) is 16.6. The molecule has 0 spiro atoms. The van der Waals surface area contributed by atoms with Crippen LogP contribution in [0.15, 0.2) is 88.6 Å². The molecule has 1 heterocycles. The van der Waals surface area contributed by atoms with Crippen LogP contribution in [0.2, 0.25) is 0 Å². The van der Waals surface area contributed by atoms with Gasteiger partial charge in [0.2, 0.25) is 0 Å². The number of hydrogen-bond acceptors (Lipinski definition) is 2. The molecule has 0 aromatic heterocycles. The van der Waals surface area contributed by atoms with Crippen LogP contribution >= 0.6 is 0 Å². The molecule has 0 bridgehead atoms. The summed E-state index contributed by atoms with van der Waals surface area (Å²) in [4.78, 5) is 12.3. The number of rotatable bonds is 4. The quantitative estimate of drug-likeness (QED) is 0.583. The molecule has 0 radical (unpaired) electrons. The summed E-state index contributed by atoms with van der Waals surface area (Å²) >= 11 is -0.734. The van der Waals surface area contributed by atoms with Gasteiger partial charge >= 0.3 is 169 Å². The van der Waals surface area contributed by atoms with Gasteiger partial charge in [0.1, 0.15) is 0 Å². The first kappa shape index (κ1) is 17.9. The first-order valence-electron chi connectivity index (χ1n) is 8.78. The van der Waals surface area contributed by atoms with E-state index in [2.05, 4.69) is 60.8 Å². The third-order valence-corrected chi connectivity index (χ3v) is 7.64. The average molecular weight is 469 g/mol. The van der Waals surface area contributed by atoms with Gasteiger partial charge in [-0.2, -0.15) is 0 Å². The summed E-state index contributed by atoms with van der Waals surface area (Å²) in [5.41, 5.74) is 3.23. The Balaban J connectivity index is 1.85. The number of ether oxygens (including phenoxy) is 1. The van der Waals surface area contributed by atoms with Crippen molar-refractivity contribution >= 4 is 36.4 Å². The van der Waals surface area contributed by atoms with E-state index in [4.69, 9.17) is 4.74 Å². The fourth-order valence-electron chi connectivity index (χ4n) is 2.99. The van der Waals surface area contributed by atoms with Crippen LogP contribution in [0.4, 0.5) is 4.79 Å². The summed E-state index contributed by atoms with van der Waals surface area (Å²) in [5, 5.41) is 3.04. The number of carbonyl (C=O) groups is 1. The maximum absolute atomic E-state index is 12.3. The van der Waals surface area contributed by atoms with E-state index in [0.717, 1.165) is 11.1 Å². The molecule has 1 aliphatic heterocycles. The van der Waals surface area contributed by atoms with Crippen molar-refractivity contribution in [3.8, 4) is 0 Å². The van der Waals surface area contributed by atoms with Gasteiger partial charge in [-0.05, 0) is 0 Å². The molecule has 0 fully saturated rings. The van der Waals surface area contributed by atoms with Crippen LogP contribution in [-0.4, -0.2) is 27.0 Å². The van der Waals surface area contributed by atoms with Crippen LogP contribution in [0.25, 0.3) is 5.76 Å². The average Bonchev–Trinajstić information content (AvgIpc) is 2.71. The van der Waals surface area contributed by atoms with Crippen LogP contribution in [0.3, 0.4) is 0 Å². The number of carbonyl (C=O) groups excluding carboxylic acids is 1. The molecule has 0 saturated heterocycles. The molecule has 1 N–H and O–H groups in total. The predicted octanol–water partition coefficient (Wildman–Crippen LogP) is 4.17. The van der Waals surface area contributed by atoms with Crippen LogP contribution in [-0.2, 0) is 4.74 Å². The standard InChI is InChI=1S/C23H19NO2Te/c1-16-12-14-17(15-13-16)20-22(27-19-10-6-3-7-11-19)21(26-23(25)24-20)18-8-4-2-5-9-18/h2-15,20H,1H3,(H,24,25)/t20-/m0/s1. The Bertz CT molecular complexity index is 966. The van der Waals surface area contributed by atoms with E-state index in [0.29, 0.717) is 5.76 Å². The SMILES string of the molecule is Cc1ccc([C@@H]2NC(=O)OC(c3ccccc3)=C2[Te]c2ccccc2)cc1. The molecule has 0 aliphatic carbocycles. The van der Waals surface area contributed by atoms with E-state index in [-0.39, 0.29) is 6.04 Å². The minimum absolute atomic E-state index is 0.162. The molecule has 0 unspecified atom stereocenters. The van der Waals surface area contributed by atoms with Gasteiger partial charge in [-0.1, -0.05) is 0 Å². The van der Waals surface area contributed by atoms with E-state index in [1.165, 1.54) is 12.8 Å². The summed E-state index contributed by atoms with van der Waals surface area (Å²) in [7, 11) is 0. The molecule has 1 aliphatic rings. The van der Waals surface area contributed by atoms with Crippen molar-refractivity contribution in [3.05, 3.63) is 105 Å². The second-order valence-corrected chi connectivity index (χ2v) is 9.54. The second-order valence-electron chi connectivity index (χ2n) is 6.35. The van der Waals surface area contributed by atoms with Crippen LogP contribution in [0.5, 0.6) is 0 Å². The van der Waals surface area contributed by atoms with Crippen LogP contribution in [0, 0.1) is 6.92 Å². The van der Waals surface area contributed by atoms with Gasteiger partial charge in [-0.15, -0.1) is 0 Å². The number of benzene rings is 3. The number of aryl methyl sites for hydroxylation is 1. The molecule has 3 aromatic carbocycles. The molecular formula is C23H19NO2Te. The molecule has 4 heteroatoms. The number of alkyl carbamates (subject to hydrolysis) is 1. The fourth-order valence-corrected chi connectivity index (χ4v) is 6.17. The van der Waals surface area contributed by atoms with Gasteiger partial charge < -0.3 is 0 Å². The molecular weight excluding hydrogens is 450 g/mol. The maximum atomic E-state index is 12.3. The summed E-state index contributed by atoms with van der Waals surface area (Å²) in [6, 6.07) is 28.6. The van der Waals surface area contributed by atoms with Crippen molar-refractivity contribution in [1.82, 2.24) is 5.32 Å². The summed E-state index contributed by atoms with van der Waals surface area (Å²) in [5.74, 6) is 0.705. The first-order valence-corrected chi connectivity index (χ1v) is 11.1. The van der Waals surface area contributed by atoms with Crippen LogP contribution < -0.4 is 8.93 Å².